The molecule has 0 bridgehead atoms. The van der Waals surface area contributed by atoms with Crippen molar-refractivity contribution in [2.45, 2.75) is 59.0 Å². The minimum atomic E-state index is -1.77. The second kappa shape index (κ2) is 5.59. The number of fused-ring (bicyclic) bond motifs is 1. The van der Waals surface area contributed by atoms with Crippen LogP contribution >= 0.6 is 0 Å². The quantitative estimate of drug-likeness (QED) is 0.828. The fourth-order valence-corrected chi connectivity index (χ4v) is 3.03. The molecule has 3 nitrogen and oxygen atoms in total. The fraction of sp³-hybridized carbons (Fsp3) is 0.529. The molecule has 0 spiro atoms. The highest BCUT2D eigenvalue weighted by Crippen LogP contribution is 2.37. The fourth-order valence-electron chi connectivity index (χ4n) is 2.09. The first-order valence-electron chi connectivity index (χ1n) is 7.41. The Hall–Kier alpha value is -1.10. The first-order chi connectivity index (χ1) is 9.64. The van der Waals surface area contributed by atoms with Crippen LogP contribution in [0.15, 0.2) is 22.6 Å². The number of benzene rings is 1. The molecule has 4 heteroatoms. The van der Waals surface area contributed by atoms with E-state index in [-0.39, 0.29) is 11.6 Å². The summed E-state index contributed by atoms with van der Waals surface area (Å²) in [5.41, 5.74) is 2.86. The second-order valence-electron chi connectivity index (χ2n) is 7.25. The lowest BCUT2D eigenvalue weighted by atomic mass is 10.1. The summed E-state index contributed by atoms with van der Waals surface area (Å²) < 4.78 is 12.1. The average Bonchev–Trinajstić information content (AvgIpc) is 2.78. The third-order valence-electron chi connectivity index (χ3n) is 4.48. The van der Waals surface area contributed by atoms with E-state index < -0.39 is 8.32 Å². The molecule has 0 amide bonds. The van der Waals surface area contributed by atoms with E-state index in [2.05, 4.69) is 33.9 Å². The summed E-state index contributed by atoms with van der Waals surface area (Å²) in [5, 5.41) is 10.5. The van der Waals surface area contributed by atoms with E-state index in [0.29, 0.717) is 6.61 Å². The standard InChI is InChI=1S/C17H26O3Si/c1-12-7-13(10-18)8-14-9-15(20-16(12)14)11-19-21(5,6)17(2,3)4/h7-9,18H,10-11H2,1-6H3. The minimum absolute atomic E-state index is 0.0533. The zero-order valence-electron chi connectivity index (χ0n) is 13.9. The van der Waals surface area contributed by atoms with Crippen LogP contribution in [0.2, 0.25) is 18.1 Å². The van der Waals surface area contributed by atoms with Gasteiger partial charge in [-0.15, -0.1) is 0 Å². The molecule has 21 heavy (non-hydrogen) atoms. The van der Waals surface area contributed by atoms with Gasteiger partial charge in [0.15, 0.2) is 8.32 Å². The van der Waals surface area contributed by atoms with Crippen LogP contribution in [0.1, 0.15) is 37.7 Å². The Morgan fingerprint density at radius 3 is 2.43 bits per heavy atom. The summed E-state index contributed by atoms with van der Waals surface area (Å²) in [4.78, 5) is 0. The molecule has 1 heterocycles. The molecule has 1 aromatic carbocycles. The van der Waals surface area contributed by atoms with Gasteiger partial charge >= 0.3 is 0 Å². The molecule has 0 saturated heterocycles. The third kappa shape index (κ3) is 3.39. The number of furan rings is 1. The number of aliphatic hydroxyl groups is 1. The van der Waals surface area contributed by atoms with Crippen molar-refractivity contribution in [2.75, 3.05) is 0 Å². The van der Waals surface area contributed by atoms with Crippen LogP contribution in [0.5, 0.6) is 0 Å². The van der Waals surface area contributed by atoms with E-state index in [1.807, 2.05) is 25.1 Å². The molecule has 1 N–H and O–H groups in total. The summed E-state index contributed by atoms with van der Waals surface area (Å²) in [7, 11) is -1.77. The monoisotopic (exact) mass is 306 g/mol. The molecule has 0 saturated carbocycles. The molecule has 116 valence electrons. The van der Waals surface area contributed by atoms with Gasteiger partial charge in [-0.25, -0.2) is 0 Å². The van der Waals surface area contributed by atoms with Gasteiger partial charge in [0.1, 0.15) is 11.3 Å². The lowest BCUT2D eigenvalue weighted by Gasteiger charge is -2.35. The molecule has 1 aromatic heterocycles. The third-order valence-corrected chi connectivity index (χ3v) is 8.96. The SMILES string of the molecule is Cc1cc(CO)cc2cc(CO[Si](C)(C)C(C)(C)C)oc12. The van der Waals surface area contributed by atoms with Crippen LogP contribution in [0.3, 0.4) is 0 Å². The number of rotatable bonds is 4. The average molecular weight is 306 g/mol. The molecular formula is C17H26O3Si. The van der Waals surface area contributed by atoms with Crippen molar-refractivity contribution < 1.29 is 13.9 Å². The molecule has 0 aliphatic heterocycles. The Morgan fingerprint density at radius 1 is 1.19 bits per heavy atom. The maximum absolute atomic E-state index is 9.28. The molecular weight excluding hydrogens is 280 g/mol. The van der Waals surface area contributed by atoms with E-state index in [1.54, 1.807) is 0 Å². The lowest BCUT2D eigenvalue weighted by Crippen LogP contribution is -2.40. The van der Waals surface area contributed by atoms with Crippen molar-refractivity contribution in [1.82, 2.24) is 0 Å². The zero-order valence-corrected chi connectivity index (χ0v) is 14.9. The van der Waals surface area contributed by atoms with Crippen LogP contribution in [-0.2, 0) is 17.6 Å². The Kier molecular flexibility index (Phi) is 4.33. The van der Waals surface area contributed by atoms with Gasteiger partial charge in [-0.3, -0.25) is 0 Å². The molecule has 2 aromatic rings. The normalized spacial score (nSPS) is 13.1. The van der Waals surface area contributed by atoms with Crippen LogP contribution < -0.4 is 0 Å². The Morgan fingerprint density at radius 2 is 1.86 bits per heavy atom. The van der Waals surface area contributed by atoms with Crippen molar-refractivity contribution >= 4 is 19.3 Å². The minimum Gasteiger partial charge on any atom is -0.458 e. The largest absolute Gasteiger partial charge is 0.458 e. The first kappa shape index (κ1) is 16.3. The van der Waals surface area contributed by atoms with Crippen molar-refractivity contribution in [1.29, 1.82) is 0 Å². The molecule has 0 unspecified atom stereocenters. The number of hydrogen-bond donors (Lipinski definition) is 1. The van der Waals surface area contributed by atoms with Gasteiger partial charge in [-0.1, -0.05) is 26.8 Å². The summed E-state index contributed by atoms with van der Waals surface area (Å²) in [5.74, 6) is 0.855. The predicted molar refractivity (Wildman–Crippen MR) is 88.9 cm³/mol. The van der Waals surface area contributed by atoms with Gasteiger partial charge < -0.3 is 13.9 Å². The van der Waals surface area contributed by atoms with Crippen LogP contribution in [0.4, 0.5) is 0 Å². The highest BCUT2D eigenvalue weighted by Gasteiger charge is 2.37. The molecule has 0 aliphatic rings. The molecule has 0 fully saturated rings. The highest BCUT2D eigenvalue weighted by molar-refractivity contribution is 6.74. The van der Waals surface area contributed by atoms with Crippen molar-refractivity contribution in [3.63, 3.8) is 0 Å². The highest BCUT2D eigenvalue weighted by atomic mass is 28.4. The number of hydrogen-bond acceptors (Lipinski definition) is 3. The summed E-state index contributed by atoms with van der Waals surface area (Å²) in [6.07, 6.45) is 0. The van der Waals surface area contributed by atoms with Crippen molar-refractivity contribution in [3.8, 4) is 0 Å². The molecule has 2 rings (SSSR count). The van der Waals surface area contributed by atoms with E-state index >= 15 is 0 Å². The van der Waals surface area contributed by atoms with E-state index in [4.69, 9.17) is 8.84 Å². The van der Waals surface area contributed by atoms with Gasteiger partial charge in [0.25, 0.3) is 0 Å². The maximum atomic E-state index is 9.28. The van der Waals surface area contributed by atoms with Crippen molar-refractivity contribution in [3.05, 3.63) is 35.1 Å². The van der Waals surface area contributed by atoms with Crippen molar-refractivity contribution in [2.24, 2.45) is 0 Å². The maximum Gasteiger partial charge on any atom is 0.192 e. The van der Waals surface area contributed by atoms with Gasteiger partial charge in [0.05, 0.1) is 13.2 Å². The molecule has 0 radical (unpaired) electrons. The Balaban J connectivity index is 2.23. The number of aliphatic hydroxyl groups excluding tert-OH is 1. The smallest absolute Gasteiger partial charge is 0.192 e. The summed E-state index contributed by atoms with van der Waals surface area (Å²) in [6.45, 7) is 13.7. The van der Waals surface area contributed by atoms with E-state index in [1.165, 1.54) is 0 Å². The van der Waals surface area contributed by atoms with Gasteiger partial charge in [0, 0.05) is 5.39 Å². The van der Waals surface area contributed by atoms with Crippen LogP contribution in [-0.4, -0.2) is 13.4 Å². The molecule has 0 aliphatic carbocycles. The van der Waals surface area contributed by atoms with Gasteiger partial charge in [-0.05, 0) is 48.3 Å². The number of aryl methyl sites for hydroxylation is 1. The lowest BCUT2D eigenvalue weighted by molar-refractivity contribution is 0.249. The van der Waals surface area contributed by atoms with Gasteiger partial charge in [0.2, 0.25) is 0 Å². The first-order valence-corrected chi connectivity index (χ1v) is 10.3. The van der Waals surface area contributed by atoms with E-state index in [0.717, 1.165) is 27.9 Å². The van der Waals surface area contributed by atoms with Crippen LogP contribution in [0, 0.1) is 6.92 Å². The zero-order chi connectivity index (χ0) is 15.8. The predicted octanol–water partition coefficient (Wildman–Crippen LogP) is 4.76. The Bertz CT molecular complexity index is 635. The summed E-state index contributed by atoms with van der Waals surface area (Å²) >= 11 is 0. The van der Waals surface area contributed by atoms with E-state index in [9.17, 15) is 5.11 Å². The van der Waals surface area contributed by atoms with Crippen LogP contribution in [0.25, 0.3) is 11.0 Å². The molecule has 0 atom stereocenters. The topological polar surface area (TPSA) is 42.6 Å². The van der Waals surface area contributed by atoms with Gasteiger partial charge in [-0.2, -0.15) is 0 Å². The second-order valence-corrected chi connectivity index (χ2v) is 12.1. The Labute approximate surface area is 128 Å². The summed E-state index contributed by atoms with van der Waals surface area (Å²) in [6, 6.07) is 5.96.